The van der Waals surface area contributed by atoms with E-state index >= 15 is 0 Å². The molecule has 4 heteroatoms. The lowest BCUT2D eigenvalue weighted by Crippen LogP contribution is -2.37. The van der Waals surface area contributed by atoms with E-state index in [9.17, 15) is 4.79 Å². The van der Waals surface area contributed by atoms with E-state index in [2.05, 4.69) is 29.2 Å². The first-order chi connectivity index (χ1) is 10.7. The van der Waals surface area contributed by atoms with Gasteiger partial charge in [-0.25, -0.2) is 9.13 Å². The lowest BCUT2D eigenvalue weighted by Gasteiger charge is -2.05. The van der Waals surface area contributed by atoms with Gasteiger partial charge in [0, 0.05) is 6.42 Å². The summed E-state index contributed by atoms with van der Waals surface area (Å²) in [5.74, 6) is 0.564. The Bertz CT molecular complexity index is 427. The molecule has 1 aromatic heterocycles. The Labute approximate surface area is 135 Å². The van der Waals surface area contributed by atoms with Gasteiger partial charge < -0.3 is 5.11 Å². The van der Waals surface area contributed by atoms with Gasteiger partial charge in [-0.3, -0.25) is 4.79 Å². The molecule has 0 saturated heterocycles. The van der Waals surface area contributed by atoms with Gasteiger partial charge in [-0.1, -0.05) is 52.4 Å². The summed E-state index contributed by atoms with van der Waals surface area (Å²) >= 11 is 0. The van der Waals surface area contributed by atoms with Crippen molar-refractivity contribution in [3.05, 3.63) is 18.2 Å². The predicted octanol–water partition coefficient (Wildman–Crippen LogP) is 3.95. The summed E-state index contributed by atoms with van der Waals surface area (Å²) in [6.07, 6.45) is 15.7. The second-order valence-electron chi connectivity index (χ2n) is 6.12. The van der Waals surface area contributed by atoms with Crippen LogP contribution in [0.3, 0.4) is 0 Å². The Morgan fingerprint density at radius 1 is 1.09 bits per heavy atom. The average Bonchev–Trinajstić information content (AvgIpc) is 2.87. The van der Waals surface area contributed by atoms with E-state index in [1.807, 2.05) is 6.20 Å². The molecular formula is C18H33N2O2+. The number of aromatic nitrogens is 2. The van der Waals surface area contributed by atoms with Crippen molar-refractivity contribution in [3.63, 3.8) is 0 Å². The van der Waals surface area contributed by atoms with E-state index in [1.54, 1.807) is 0 Å². The monoisotopic (exact) mass is 309 g/mol. The molecule has 0 aliphatic carbocycles. The number of rotatable bonds is 13. The molecule has 0 bridgehead atoms. The van der Waals surface area contributed by atoms with E-state index in [-0.39, 0.29) is 6.42 Å². The topological polar surface area (TPSA) is 46.1 Å². The zero-order valence-corrected chi connectivity index (χ0v) is 14.4. The van der Waals surface area contributed by atoms with Crippen molar-refractivity contribution in [2.24, 2.45) is 0 Å². The summed E-state index contributed by atoms with van der Waals surface area (Å²) in [5, 5.41) is 8.87. The SMILES string of the molecule is CCCCCCCCCc1n(CCC(=O)O)cc[n+]1CCC. The van der Waals surface area contributed by atoms with E-state index in [4.69, 9.17) is 5.11 Å². The summed E-state index contributed by atoms with van der Waals surface area (Å²) in [6, 6.07) is 0. The minimum atomic E-state index is -0.724. The third-order valence-corrected chi connectivity index (χ3v) is 4.12. The molecule has 4 nitrogen and oxygen atoms in total. The first kappa shape index (κ1) is 18.7. The molecule has 1 heterocycles. The Hall–Kier alpha value is -1.32. The molecule has 0 aliphatic heterocycles. The second kappa shape index (κ2) is 11.3. The minimum Gasteiger partial charge on any atom is -0.481 e. The van der Waals surface area contributed by atoms with Gasteiger partial charge in [0.05, 0.1) is 13.0 Å². The Morgan fingerprint density at radius 2 is 1.77 bits per heavy atom. The van der Waals surface area contributed by atoms with Crippen LogP contribution >= 0.6 is 0 Å². The predicted molar refractivity (Wildman–Crippen MR) is 88.9 cm³/mol. The number of aryl methyl sites for hydroxylation is 2. The van der Waals surface area contributed by atoms with Crippen molar-refractivity contribution in [3.8, 4) is 0 Å². The van der Waals surface area contributed by atoms with Crippen LogP contribution in [0.5, 0.6) is 0 Å². The molecule has 126 valence electrons. The highest BCUT2D eigenvalue weighted by Gasteiger charge is 2.16. The zero-order valence-electron chi connectivity index (χ0n) is 14.4. The van der Waals surface area contributed by atoms with Gasteiger partial charge in [0.25, 0.3) is 5.82 Å². The number of aliphatic carboxylic acids is 1. The maximum absolute atomic E-state index is 10.8. The quantitative estimate of drug-likeness (QED) is 0.443. The first-order valence-electron chi connectivity index (χ1n) is 8.98. The van der Waals surface area contributed by atoms with Crippen LogP contribution in [0.2, 0.25) is 0 Å². The number of carboxylic acid groups (broad SMARTS) is 1. The molecule has 0 aromatic carbocycles. The van der Waals surface area contributed by atoms with Gasteiger partial charge in [-0.05, 0) is 12.8 Å². The smallest absolute Gasteiger partial charge is 0.307 e. The van der Waals surface area contributed by atoms with Crippen molar-refractivity contribution in [1.82, 2.24) is 4.57 Å². The van der Waals surface area contributed by atoms with Crippen LogP contribution in [-0.4, -0.2) is 15.6 Å². The first-order valence-corrected chi connectivity index (χ1v) is 8.98. The number of hydrogen-bond donors (Lipinski definition) is 1. The highest BCUT2D eigenvalue weighted by Crippen LogP contribution is 2.10. The molecule has 0 aliphatic rings. The van der Waals surface area contributed by atoms with Crippen molar-refractivity contribution >= 4 is 5.97 Å². The highest BCUT2D eigenvalue weighted by molar-refractivity contribution is 5.66. The van der Waals surface area contributed by atoms with Crippen LogP contribution in [-0.2, 0) is 24.3 Å². The molecule has 0 unspecified atom stereocenters. The maximum Gasteiger partial charge on any atom is 0.307 e. The van der Waals surface area contributed by atoms with Crippen molar-refractivity contribution < 1.29 is 14.5 Å². The number of carbonyl (C=O) groups is 1. The van der Waals surface area contributed by atoms with Crippen LogP contribution in [0, 0.1) is 0 Å². The summed E-state index contributed by atoms with van der Waals surface area (Å²) in [4.78, 5) is 10.8. The van der Waals surface area contributed by atoms with Gasteiger partial charge in [0.1, 0.15) is 18.9 Å². The Kier molecular flexibility index (Phi) is 9.60. The van der Waals surface area contributed by atoms with Crippen LogP contribution < -0.4 is 4.57 Å². The molecule has 0 fully saturated rings. The number of carboxylic acids is 1. The summed E-state index contributed by atoms with van der Waals surface area (Å²) in [7, 11) is 0. The number of nitrogens with zero attached hydrogens (tertiary/aromatic N) is 2. The Balaban J connectivity index is 2.43. The zero-order chi connectivity index (χ0) is 16.2. The second-order valence-corrected chi connectivity index (χ2v) is 6.12. The van der Waals surface area contributed by atoms with Gasteiger partial charge in [-0.15, -0.1) is 0 Å². The molecule has 0 radical (unpaired) electrons. The highest BCUT2D eigenvalue weighted by atomic mass is 16.4. The van der Waals surface area contributed by atoms with Crippen molar-refractivity contribution in [2.75, 3.05) is 0 Å². The minimum absolute atomic E-state index is 0.199. The van der Waals surface area contributed by atoms with E-state index < -0.39 is 5.97 Å². The molecule has 22 heavy (non-hydrogen) atoms. The van der Waals surface area contributed by atoms with Crippen LogP contribution in [0.1, 0.15) is 77.5 Å². The molecule has 1 aromatic rings. The van der Waals surface area contributed by atoms with Crippen LogP contribution in [0.25, 0.3) is 0 Å². The average molecular weight is 309 g/mol. The fraction of sp³-hybridized carbons (Fsp3) is 0.778. The number of unbranched alkanes of at least 4 members (excludes halogenated alkanes) is 6. The van der Waals surface area contributed by atoms with Gasteiger partial charge in [0.2, 0.25) is 0 Å². The Morgan fingerprint density at radius 3 is 2.41 bits per heavy atom. The molecular weight excluding hydrogens is 276 g/mol. The fourth-order valence-electron chi connectivity index (χ4n) is 2.89. The van der Waals surface area contributed by atoms with E-state index in [1.165, 1.54) is 50.8 Å². The normalized spacial score (nSPS) is 11.0. The molecule has 0 spiro atoms. The van der Waals surface area contributed by atoms with Gasteiger partial charge in [-0.2, -0.15) is 0 Å². The van der Waals surface area contributed by atoms with Crippen molar-refractivity contribution in [1.29, 1.82) is 0 Å². The van der Waals surface area contributed by atoms with Crippen LogP contribution in [0.15, 0.2) is 12.4 Å². The molecule has 0 saturated carbocycles. The maximum atomic E-state index is 10.8. The van der Waals surface area contributed by atoms with E-state index in [0.717, 1.165) is 19.4 Å². The lowest BCUT2D eigenvalue weighted by molar-refractivity contribution is -0.703. The van der Waals surface area contributed by atoms with Crippen LogP contribution in [0.4, 0.5) is 0 Å². The molecule has 0 atom stereocenters. The molecule has 1 N–H and O–H groups in total. The summed E-state index contributed by atoms with van der Waals surface area (Å²) in [6.45, 7) is 6.03. The number of hydrogen-bond acceptors (Lipinski definition) is 1. The third kappa shape index (κ3) is 7.10. The van der Waals surface area contributed by atoms with Crippen molar-refractivity contribution in [2.45, 2.75) is 91.1 Å². The third-order valence-electron chi connectivity index (χ3n) is 4.12. The number of imidazole rings is 1. The summed E-state index contributed by atoms with van der Waals surface area (Å²) in [5.41, 5.74) is 0. The largest absolute Gasteiger partial charge is 0.481 e. The molecule has 1 rings (SSSR count). The molecule has 0 amide bonds. The summed E-state index contributed by atoms with van der Waals surface area (Å²) < 4.78 is 4.42. The fourth-order valence-corrected chi connectivity index (χ4v) is 2.89. The van der Waals surface area contributed by atoms with E-state index in [0.29, 0.717) is 6.54 Å². The van der Waals surface area contributed by atoms with Gasteiger partial charge >= 0.3 is 5.97 Å². The van der Waals surface area contributed by atoms with Gasteiger partial charge in [0.15, 0.2) is 0 Å². The lowest BCUT2D eigenvalue weighted by atomic mass is 10.1. The standard InChI is InChI=1S/C18H32N2O2/c1-3-5-6-7-8-9-10-11-17-19(13-4-2)15-16-20(17)14-12-18(21)22/h15-16H,3-14H2,1-2H3/p+1.